The van der Waals surface area contributed by atoms with Crippen molar-refractivity contribution in [2.75, 3.05) is 27.2 Å². The molecule has 1 rings (SSSR count). The number of carbonyl (C=O) groups excluding carboxylic acids is 2. The summed E-state index contributed by atoms with van der Waals surface area (Å²) in [7, 11) is 3.37. The third-order valence-corrected chi connectivity index (χ3v) is 3.08. The van der Waals surface area contributed by atoms with Crippen molar-refractivity contribution >= 4 is 11.8 Å². The van der Waals surface area contributed by atoms with Crippen LogP contribution >= 0.6 is 0 Å². The van der Waals surface area contributed by atoms with Crippen LogP contribution in [0.2, 0.25) is 0 Å². The summed E-state index contributed by atoms with van der Waals surface area (Å²) in [5.41, 5.74) is -0.374. The van der Waals surface area contributed by atoms with E-state index in [2.05, 4.69) is 10.6 Å². The SMILES string of the molecule is CC(NC(=O)C1(C)CCNC1)C(=O)N(C)C. The Bertz CT molecular complexity index is 283. The van der Waals surface area contributed by atoms with E-state index in [1.54, 1.807) is 21.0 Å². The van der Waals surface area contributed by atoms with Gasteiger partial charge in [0, 0.05) is 20.6 Å². The molecule has 92 valence electrons. The van der Waals surface area contributed by atoms with E-state index in [9.17, 15) is 9.59 Å². The lowest BCUT2D eigenvalue weighted by atomic mass is 9.88. The Morgan fingerprint density at radius 2 is 2.06 bits per heavy atom. The van der Waals surface area contributed by atoms with E-state index in [0.29, 0.717) is 6.54 Å². The monoisotopic (exact) mass is 227 g/mol. The Morgan fingerprint density at radius 1 is 1.44 bits per heavy atom. The molecule has 1 heterocycles. The van der Waals surface area contributed by atoms with Crippen molar-refractivity contribution in [3.05, 3.63) is 0 Å². The van der Waals surface area contributed by atoms with Gasteiger partial charge in [-0.05, 0) is 26.8 Å². The van der Waals surface area contributed by atoms with E-state index < -0.39 is 6.04 Å². The minimum Gasteiger partial charge on any atom is -0.347 e. The lowest BCUT2D eigenvalue weighted by Gasteiger charge is -2.25. The van der Waals surface area contributed by atoms with Crippen molar-refractivity contribution in [2.24, 2.45) is 5.41 Å². The van der Waals surface area contributed by atoms with Gasteiger partial charge in [0.05, 0.1) is 5.41 Å². The molecule has 1 saturated heterocycles. The summed E-state index contributed by atoms with van der Waals surface area (Å²) >= 11 is 0. The maximum atomic E-state index is 12.0. The summed E-state index contributed by atoms with van der Waals surface area (Å²) in [6.07, 6.45) is 0.821. The van der Waals surface area contributed by atoms with Crippen LogP contribution in [0.4, 0.5) is 0 Å². The zero-order chi connectivity index (χ0) is 12.3. The first kappa shape index (κ1) is 13.0. The van der Waals surface area contributed by atoms with Gasteiger partial charge in [-0.1, -0.05) is 0 Å². The summed E-state index contributed by atoms with van der Waals surface area (Å²) < 4.78 is 0. The number of rotatable bonds is 3. The van der Waals surface area contributed by atoms with Crippen LogP contribution in [0.1, 0.15) is 20.3 Å². The van der Waals surface area contributed by atoms with E-state index in [0.717, 1.165) is 13.0 Å². The topological polar surface area (TPSA) is 61.4 Å². The lowest BCUT2D eigenvalue weighted by Crippen LogP contribution is -2.49. The van der Waals surface area contributed by atoms with Gasteiger partial charge in [-0.25, -0.2) is 0 Å². The molecule has 0 saturated carbocycles. The van der Waals surface area contributed by atoms with Gasteiger partial charge in [-0.15, -0.1) is 0 Å². The average molecular weight is 227 g/mol. The highest BCUT2D eigenvalue weighted by molar-refractivity contribution is 5.89. The highest BCUT2D eigenvalue weighted by Crippen LogP contribution is 2.24. The maximum Gasteiger partial charge on any atom is 0.244 e. The number of carbonyl (C=O) groups is 2. The van der Waals surface area contributed by atoms with Crippen LogP contribution < -0.4 is 10.6 Å². The number of likely N-dealkylation sites (N-methyl/N-ethyl adjacent to an activating group) is 1. The van der Waals surface area contributed by atoms with Crippen molar-refractivity contribution in [1.82, 2.24) is 15.5 Å². The Morgan fingerprint density at radius 3 is 2.50 bits per heavy atom. The van der Waals surface area contributed by atoms with Crippen LogP contribution in [0.5, 0.6) is 0 Å². The number of nitrogens with zero attached hydrogens (tertiary/aromatic N) is 1. The Hall–Kier alpha value is -1.10. The van der Waals surface area contributed by atoms with Gasteiger partial charge >= 0.3 is 0 Å². The highest BCUT2D eigenvalue weighted by atomic mass is 16.2. The largest absolute Gasteiger partial charge is 0.347 e. The van der Waals surface area contributed by atoms with E-state index in [1.807, 2.05) is 6.92 Å². The molecule has 0 spiro atoms. The first-order valence-corrected chi connectivity index (χ1v) is 5.60. The third kappa shape index (κ3) is 2.72. The van der Waals surface area contributed by atoms with Crippen molar-refractivity contribution in [1.29, 1.82) is 0 Å². The second-order valence-corrected chi connectivity index (χ2v) is 4.92. The number of amides is 2. The smallest absolute Gasteiger partial charge is 0.244 e. The minimum absolute atomic E-state index is 0.0415. The molecule has 0 aliphatic carbocycles. The van der Waals surface area contributed by atoms with Gasteiger partial charge in [0.1, 0.15) is 6.04 Å². The fourth-order valence-electron chi connectivity index (χ4n) is 1.83. The van der Waals surface area contributed by atoms with Gasteiger partial charge in [0.2, 0.25) is 11.8 Å². The summed E-state index contributed by atoms with van der Waals surface area (Å²) in [6, 6.07) is -0.458. The van der Waals surface area contributed by atoms with Crippen LogP contribution in [0.15, 0.2) is 0 Å². The molecule has 16 heavy (non-hydrogen) atoms. The zero-order valence-corrected chi connectivity index (χ0v) is 10.5. The van der Waals surface area contributed by atoms with E-state index in [-0.39, 0.29) is 17.2 Å². The molecule has 0 aromatic carbocycles. The van der Waals surface area contributed by atoms with Crippen molar-refractivity contribution in [3.63, 3.8) is 0 Å². The van der Waals surface area contributed by atoms with Crippen molar-refractivity contribution in [2.45, 2.75) is 26.3 Å². The van der Waals surface area contributed by atoms with Crippen LogP contribution in [0.3, 0.4) is 0 Å². The zero-order valence-electron chi connectivity index (χ0n) is 10.5. The molecule has 1 aliphatic rings. The Labute approximate surface area is 96.6 Å². The molecule has 1 aliphatic heterocycles. The lowest BCUT2D eigenvalue weighted by molar-refractivity contribution is -0.137. The molecule has 2 atom stereocenters. The predicted octanol–water partition coefficient (Wildman–Crippen LogP) is -0.421. The number of hydrogen-bond donors (Lipinski definition) is 2. The van der Waals surface area contributed by atoms with E-state index in [4.69, 9.17) is 0 Å². The maximum absolute atomic E-state index is 12.0. The molecule has 2 N–H and O–H groups in total. The number of hydrogen-bond acceptors (Lipinski definition) is 3. The highest BCUT2D eigenvalue weighted by Gasteiger charge is 2.37. The Balaban J connectivity index is 2.54. The molecule has 1 fully saturated rings. The van der Waals surface area contributed by atoms with Crippen LogP contribution in [-0.2, 0) is 9.59 Å². The molecule has 0 bridgehead atoms. The fourth-order valence-corrected chi connectivity index (χ4v) is 1.83. The van der Waals surface area contributed by atoms with Crippen LogP contribution in [-0.4, -0.2) is 49.9 Å². The van der Waals surface area contributed by atoms with Gasteiger partial charge in [-0.3, -0.25) is 9.59 Å². The van der Waals surface area contributed by atoms with Crippen molar-refractivity contribution < 1.29 is 9.59 Å². The summed E-state index contributed by atoms with van der Waals surface area (Å²) in [5, 5.41) is 5.94. The quantitative estimate of drug-likeness (QED) is 0.688. The standard InChI is InChI=1S/C11H21N3O2/c1-8(9(15)14(3)4)13-10(16)11(2)5-6-12-7-11/h8,12H,5-7H2,1-4H3,(H,13,16). The summed E-state index contributed by atoms with van der Waals surface area (Å²) in [4.78, 5) is 25.1. The molecular weight excluding hydrogens is 206 g/mol. The van der Waals surface area contributed by atoms with Gasteiger partial charge in [-0.2, -0.15) is 0 Å². The molecule has 5 heteroatoms. The Kier molecular flexibility index (Phi) is 3.91. The molecule has 0 aromatic heterocycles. The molecule has 2 unspecified atom stereocenters. The van der Waals surface area contributed by atoms with Crippen LogP contribution in [0.25, 0.3) is 0 Å². The predicted molar refractivity (Wildman–Crippen MR) is 61.9 cm³/mol. The molecule has 5 nitrogen and oxygen atoms in total. The normalized spacial score (nSPS) is 26.2. The molecule has 0 radical (unpaired) electrons. The second-order valence-electron chi connectivity index (χ2n) is 4.92. The molecular formula is C11H21N3O2. The van der Waals surface area contributed by atoms with E-state index in [1.165, 1.54) is 4.90 Å². The van der Waals surface area contributed by atoms with E-state index >= 15 is 0 Å². The molecule has 2 amide bonds. The van der Waals surface area contributed by atoms with Gasteiger partial charge in [0.15, 0.2) is 0 Å². The van der Waals surface area contributed by atoms with Gasteiger partial charge < -0.3 is 15.5 Å². The summed E-state index contributed by atoms with van der Waals surface area (Å²) in [5.74, 6) is -0.122. The summed E-state index contributed by atoms with van der Waals surface area (Å²) in [6.45, 7) is 5.18. The minimum atomic E-state index is -0.458. The molecule has 0 aromatic rings. The van der Waals surface area contributed by atoms with Crippen molar-refractivity contribution in [3.8, 4) is 0 Å². The van der Waals surface area contributed by atoms with Crippen LogP contribution in [0, 0.1) is 5.41 Å². The first-order chi connectivity index (χ1) is 7.37. The fraction of sp³-hybridized carbons (Fsp3) is 0.818. The first-order valence-electron chi connectivity index (χ1n) is 5.60. The average Bonchev–Trinajstić information content (AvgIpc) is 2.65. The van der Waals surface area contributed by atoms with Gasteiger partial charge in [0.25, 0.3) is 0 Å². The third-order valence-electron chi connectivity index (χ3n) is 3.08. The number of nitrogens with one attached hydrogen (secondary N) is 2. The second kappa shape index (κ2) is 4.82.